The lowest BCUT2D eigenvalue weighted by Crippen LogP contribution is -2.52. The van der Waals surface area contributed by atoms with Gasteiger partial charge in [-0.25, -0.2) is 14.5 Å². The molecule has 29 heavy (non-hydrogen) atoms. The molecule has 1 N–H and O–H groups in total. The first-order valence-corrected chi connectivity index (χ1v) is 9.88. The van der Waals surface area contributed by atoms with Crippen LogP contribution in [0.5, 0.6) is 0 Å². The van der Waals surface area contributed by atoms with Gasteiger partial charge in [-0.05, 0) is 25.2 Å². The summed E-state index contributed by atoms with van der Waals surface area (Å²) in [7, 11) is 1.98. The van der Waals surface area contributed by atoms with Crippen molar-refractivity contribution in [1.82, 2.24) is 29.9 Å². The Morgan fingerprint density at radius 2 is 1.93 bits per heavy atom. The number of fused-ring (bicyclic) bond motifs is 1. The number of carbonyl (C=O) groups is 1. The summed E-state index contributed by atoms with van der Waals surface area (Å²) >= 11 is 7.02. The van der Waals surface area contributed by atoms with Crippen LogP contribution in [-0.4, -0.2) is 63.6 Å². The van der Waals surface area contributed by atoms with Gasteiger partial charge in [-0.15, -0.1) is 11.3 Å². The van der Waals surface area contributed by atoms with E-state index < -0.39 is 17.8 Å². The molecule has 0 saturated carbocycles. The van der Waals surface area contributed by atoms with Crippen LogP contribution in [0.15, 0.2) is 24.3 Å². The monoisotopic (exact) mass is 444 g/mol. The van der Waals surface area contributed by atoms with E-state index >= 15 is 0 Å². The predicted molar refractivity (Wildman–Crippen MR) is 103 cm³/mol. The predicted octanol–water partition coefficient (Wildman–Crippen LogP) is 3.02. The fourth-order valence-electron chi connectivity index (χ4n) is 2.98. The zero-order valence-corrected chi connectivity index (χ0v) is 16.8. The first-order chi connectivity index (χ1) is 13.7. The second kappa shape index (κ2) is 7.56. The van der Waals surface area contributed by atoms with Gasteiger partial charge in [0.25, 0.3) is 5.91 Å². The summed E-state index contributed by atoms with van der Waals surface area (Å²) in [6.45, 7) is 2.78. The van der Waals surface area contributed by atoms with Crippen molar-refractivity contribution in [2.45, 2.75) is 6.18 Å². The largest absolute Gasteiger partial charge is 0.433 e. The number of thiophene rings is 1. The number of nitrogens with zero attached hydrogens (tertiary/aromatic N) is 5. The smallest absolute Gasteiger partial charge is 0.304 e. The van der Waals surface area contributed by atoms with Crippen LogP contribution in [0.1, 0.15) is 16.2 Å². The number of hydrogen-bond donors (Lipinski definition) is 1. The van der Waals surface area contributed by atoms with Crippen molar-refractivity contribution >= 4 is 34.5 Å². The summed E-state index contributed by atoms with van der Waals surface area (Å²) in [5.41, 5.74) is 1.59. The fourth-order valence-corrected chi connectivity index (χ4v) is 3.99. The molecule has 0 unspecified atom stereocenters. The number of amides is 1. The third-order valence-electron chi connectivity index (χ3n) is 4.54. The molecular weight excluding hydrogens is 429 g/mol. The lowest BCUT2D eigenvalue weighted by atomic mass is 10.2. The minimum absolute atomic E-state index is 0.0668. The van der Waals surface area contributed by atoms with Crippen molar-refractivity contribution in [2.75, 3.05) is 33.2 Å². The molecule has 1 amide bonds. The zero-order chi connectivity index (χ0) is 20.8. The first-order valence-electron chi connectivity index (χ1n) is 8.69. The molecule has 1 aliphatic heterocycles. The van der Waals surface area contributed by atoms with E-state index in [-0.39, 0.29) is 17.0 Å². The quantitative estimate of drug-likeness (QED) is 0.672. The standard InChI is InChI=1S/C17H16ClF3N6OS/c1-25-4-6-26(7-5-25)24-16(28)11-9-15-22-10(12-2-3-14(18)29-12)8-13(17(19,20)21)27(15)23-11/h2-3,8-9H,4-7H2,1H3,(H,24,28). The number of carbonyl (C=O) groups excluding carboxylic acids is 1. The molecule has 0 aromatic carbocycles. The average molecular weight is 445 g/mol. The van der Waals surface area contributed by atoms with Crippen LogP contribution in [0.3, 0.4) is 0 Å². The summed E-state index contributed by atoms with van der Waals surface area (Å²) in [6.07, 6.45) is -4.67. The van der Waals surface area contributed by atoms with Crippen molar-refractivity contribution in [3.63, 3.8) is 0 Å². The van der Waals surface area contributed by atoms with Gasteiger partial charge in [-0.1, -0.05) is 11.6 Å². The molecule has 1 saturated heterocycles. The van der Waals surface area contributed by atoms with E-state index in [1.807, 2.05) is 7.05 Å². The fraction of sp³-hybridized carbons (Fsp3) is 0.353. The molecule has 0 spiro atoms. The number of rotatable bonds is 3. The second-order valence-corrected chi connectivity index (χ2v) is 8.37. The zero-order valence-electron chi connectivity index (χ0n) is 15.2. The Hall–Kier alpha value is -2.21. The Morgan fingerprint density at radius 1 is 1.21 bits per heavy atom. The van der Waals surface area contributed by atoms with Gasteiger partial charge >= 0.3 is 6.18 Å². The molecule has 3 aromatic heterocycles. The van der Waals surface area contributed by atoms with Crippen LogP contribution in [0, 0.1) is 0 Å². The van der Waals surface area contributed by atoms with E-state index in [1.54, 1.807) is 17.1 Å². The van der Waals surface area contributed by atoms with E-state index in [2.05, 4.69) is 20.4 Å². The minimum atomic E-state index is -4.67. The number of alkyl halides is 3. The van der Waals surface area contributed by atoms with Crippen molar-refractivity contribution in [2.24, 2.45) is 0 Å². The van der Waals surface area contributed by atoms with Crippen molar-refractivity contribution in [3.8, 4) is 10.6 Å². The lowest BCUT2D eigenvalue weighted by molar-refractivity contribution is -0.142. The van der Waals surface area contributed by atoms with Gasteiger partial charge in [-0.2, -0.15) is 18.3 Å². The molecular formula is C17H16ClF3N6OS. The number of aromatic nitrogens is 3. The van der Waals surface area contributed by atoms with Crippen LogP contribution in [-0.2, 0) is 6.18 Å². The Morgan fingerprint density at radius 3 is 2.55 bits per heavy atom. The van der Waals surface area contributed by atoms with Gasteiger partial charge in [0.1, 0.15) is 0 Å². The summed E-state index contributed by atoms with van der Waals surface area (Å²) < 4.78 is 41.9. The molecule has 7 nitrogen and oxygen atoms in total. The Labute approximate surface area is 172 Å². The molecule has 0 radical (unpaired) electrons. The summed E-state index contributed by atoms with van der Waals surface area (Å²) in [6, 6.07) is 5.35. The molecule has 1 fully saturated rings. The highest BCUT2D eigenvalue weighted by molar-refractivity contribution is 7.19. The molecule has 0 atom stereocenters. The van der Waals surface area contributed by atoms with Gasteiger partial charge in [0.05, 0.1) is 14.9 Å². The lowest BCUT2D eigenvalue weighted by Gasteiger charge is -2.32. The topological polar surface area (TPSA) is 65.8 Å². The second-order valence-electron chi connectivity index (χ2n) is 6.66. The summed E-state index contributed by atoms with van der Waals surface area (Å²) in [5.74, 6) is -0.575. The maximum atomic E-state index is 13.6. The molecule has 1 aliphatic rings. The number of likely N-dealkylation sites (N-methyl/N-ethyl adjacent to an activating group) is 1. The van der Waals surface area contributed by atoms with Crippen LogP contribution in [0.25, 0.3) is 16.2 Å². The maximum absolute atomic E-state index is 13.6. The van der Waals surface area contributed by atoms with Crippen LogP contribution < -0.4 is 5.43 Å². The number of halogens is 4. The molecule has 0 aliphatic carbocycles. The van der Waals surface area contributed by atoms with E-state index in [0.717, 1.165) is 30.5 Å². The van der Waals surface area contributed by atoms with E-state index in [4.69, 9.17) is 11.6 Å². The molecule has 154 valence electrons. The highest BCUT2D eigenvalue weighted by Crippen LogP contribution is 2.35. The minimum Gasteiger partial charge on any atom is -0.304 e. The normalized spacial score (nSPS) is 16.4. The molecule has 4 heterocycles. The van der Waals surface area contributed by atoms with Gasteiger partial charge in [0.2, 0.25) is 0 Å². The van der Waals surface area contributed by atoms with Gasteiger partial charge in [0, 0.05) is 32.2 Å². The molecule has 3 aromatic rings. The van der Waals surface area contributed by atoms with Gasteiger partial charge in [0.15, 0.2) is 17.0 Å². The Kier molecular flexibility index (Phi) is 5.23. The van der Waals surface area contributed by atoms with Crippen LogP contribution in [0.2, 0.25) is 4.34 Å². The van der Waals surface area contributed by atoms with Crippen molar-refractivity contribution in [1.29, 1.82) is 0 Å². The van der Waals surface area contributed by atoms with E-state index in [1.165, 1.54) is 6.07 Å². The van der Waals surface area contributed by atoms with E-state index in [0.29, 0.717) is 26.8 Å². The van der Waals surface area contributed by atoms with Crippen molar-refractivity contribution < 1.29 is 18.0 Å². The summed E-state index contributed by atoms with van der Waals surface area (Å²) in [4.78, 5) is 19.4. The Balaban J connectivity index is 1.69. The molecule has 4 rings (SSSR count). The molecule has 0 bridgehead atoms. The number of hydrogen-bond acceptors (Lipinski definition) is 6. The molecule has 12 heteroatoms. The van der Waals surface area contributed by atoms with Gasteiger partial charge < -0.3 is 4.90 Å². The number of piperazine rings is 1. The SMILES string of the molecule is CN1CCN(NC(=O)c2cc3nc(-c4ccc(Cl)s4)cc(C(F)(F)F)n3n2)CC1. The Bertz CT molecular complexity index is 1060. The third-order valence-corrected chi connectivity index (χ3v) is 5.79. The first kappa shape index (κ1) is 20.1. The summed E-state index contributed by atoms with van der Waals surface area (Å²) in [5, 5.41) is 5.59. The van der Waals surface area contributed by atoms with Crippen LogP contribution >= 0.6 is 22.9 Å². The number of nitrogens with one attached hydrogen (secondary N) is 1. The van der Waals surface area contributed by atoms with Crippen molar-refractivity contribution in [3.05, 3.63) is 40.0 Å². The van der Waals surface area contributed by atoms with Gasteiger partial charge in [-0.3, -0.25) is 10.2 Å². The average Bonchev–Trinajstić information content (AvgIpc) is 3.28. The third kappa shape index (κ3) is 4.22. The maximum Gasteiger partial charge on any atom is 0.433 e. The number of hydrazine groups is 1. The van der Waals surface area contributed by atoms with Crippen LogP contribution in [0.4, 0.5) is 13.2 Å². The van der Waals surface area contributed by atoms with E-state index in [9.17, 15) is 18.0 Å². The highest BCUT2D eigenvalue weighted by Gasteiger charge is 2.36. The highest BCUT2D eigenvalue weighted by atomic mass is 35.5.